The van der Waals surface area contributed by atoms with Crippen LogP contribution in [0.25, 0.3) is 0 Å². The average Bonchev–Trinajstić information content (AvgIpc) is 2.56. The highest BCUT2D eigenvalue weighted by molar-refractivity contribution is 5.47. The van der Waals surface area contributed by atoms with Crippen LogP contribution in [0.5, 0.6) is 5.75 Å². The van der Waals surface area contributed by atoms with Gasteiger partial charge in [0.15, 0.2) is 0 Å². The normalized spacial score (nSPS) is 25.1. The average molecular weight is 233 g/mol. The summed E-state index contributed by atoms with van der Waals surface area (Å²) in [6.45, 7) is 2.37. The summed E-state index contributed by atoms with van der Waals surface area (Å²) in [7, 11) is 1.70. The molecule has 2 rings (SSSR count). The molecule has 2 atom stereocenters. The molecule has 0 aromatic heterocycles. The molecule has 2 heteroatoms. The fourth-order valence-electron chi connectivity index (χ4n) is 2.55. The van der Waals surface area contributed by atoms with Gasteiger partial charge >= 0.3 is 0 Å². The second-order valence-electron chi connectivity index (χ2n) is 5.18. The largest absolute Gasteiger partial charge is 0.497 e. The van der Waals surface area contributed by atoms with Crippen LogP contribution in [0.2, 0.25) is 0 Å². The maximum atomic E-state index is 5.17. The zero-order valence-corrected chi connectivity index (χ0v) is 10.9. The molecule has 1 aromatic rings. The number of ether oxygens (including phenoxy) is 1. The standard InChI is InChI=1S/C15H23NO/c1-12-4-3-5-13(7-6-12)16-14-8-10-15(17-2)11-9-14/h8-13,16H,3-7H2,1-2H3. The van der Waals surface area contributed by atoms with E-state index in [1.165, 1.54) is 37.8 Å². The third-order valence-corrected chi connectivity index (χ3v) is 3.72. The van der Waals surface area contributed by atoms with E-state index in [2.05, 4.69) is 24.4 Å². The summed E-state index contributed by atoms with van der Waals surface area (Å²) in [5.41, 5.74) is 1.21. The molecule has 0 radical (unpaired) electrons. The first-order valence-corrected chi connectivity index (χ1v) is 6.68. The van der Waals surface area contributed by atoms with Crippen molar-refractivity contribution in [3.63, 3.8) is 0 Å². The monoisotopic (exact) mass is 233 g/mol. The molecule has 1 aromatic carbocycles. The quantitative estimate of drug-likeness (QED) is 0.794. The van der Waals surface area contributed by atoms with Crippen molar-refractivity contribution in [3.05, 3.63) is 24.3 Å². The number of hydrogen-bond acceptors (Lipinski definition) is 2. The van der Waals surface area contributed by atoms with E-state index in [1.807, 2.05) is 12.1 Å². The lowest BCUT2D eigenvalue weighted by Gasteiger charge is -2.18. The zero-order chi connectivity index (χ0) is 12.1. The highest BCUT2D eigenvalue weighted by Crippen LogP contribution is 2.25. The Morgan fingerprint density at radius 2 is 1.82 bits per heavy atom. The third-order valence-electron chi connectivity index (χ3n) is 3.72. The van der Waals surface area contributed by atoms with Crippen LogP contribution in [0.1, 0.15) is 39.0 Å². The lowest BCUT2D eigenvalue weighted by molar-refractivity contribution is 0.415. The van der Waals surface area contributed by atoms with E-state index in [-0.39, 0.29) is 0 Å². The van der Waals surface area contributed by atoms with Crippen molar-refractivity contribution < 1.29 is 4.74 Å². The lowest BCUT2D eigenvalue weighted by atomic mass is 10.0. The van der Waals surface area contributed by atoms with Gasteiger partial charge in [-0.3, -0.25) is 0 Å². The number of nitrogens with one attached hydrogen (secondary N) is 1. The van der Waals surface area contributed by atoms with Crippen LogP contribution in [-0.4, -0.2) is 13.2 Å². The van der Waals surface area contributed by atoms with E-state index >= 15 is 0 Å². The van der Waals surface area contributed by atoms with Gasteiger partial charge in [-0.15, -0.1) is 0 Å². The molecule has 1 aliphatic rings. The maximum absolute atomic E-state index is 5.17. The molecule has 17 heavy (non-hydrogen) atoms. The number of anilines is 1. The van der Waals surface area contributed by atoms with E-state index < -0.39 is 0 Å². The molecule has 0 saturated heterocycles. The van der Waals surface area contributed by atoms with Crippen LogP contribution in [0.3, 0.4) is 0 Å². The first-order valence-electron chi connectivity index (χ1n) is 6.68. The summed E-state index contributed by atoms with van der Waals surface area (Å²) in [5, 5.41) is 3.64. The van der Waals surface area contributed by atoms with Crippen LogP contribution >= 0.6 is 0 Å². The van der Waals surface area contributed by atoms with Gasteiger partial charge in [0.2, 0.25) is 0 Å². The molecule has 1 N–H and O–H groups in total. The smallest absolute Gasteiger partial charge is 0.119 e. The van der Waals surface area contributed by atoms with Crippen LogP contribution in [-0.2, 0) is 0 Å². The Morgan fingerprint density at radius 3 is 2.53 bits per heavy atom. The second-order valence-corrected chi connectivity index (χ2v) is 5.18. The minimum Gasteiger partial charge on any atom is -0.497 e. The summed E-state index contributed by atoms with van der Waals surface area (Å²) in [6, 6.07) is 8.89. The number of hydrogen-bond donors (Lipinski definition) is 1. The summed E-state index contributed by atoms with van der Waals surface area (Å²) < 4.78 is 5.17. The minimum absolute atomic E-state index is 0.647. The first-order chi connectivity index (χ1) is 8.28. The van der Waals surface area contributed by atoms with Crippen molar-refractivity contribution in [1.29, 1.82) is 0 Å². The summed E-state index contributed by atoms with van der Waals surface area (Å²) in [6.07, 6.45) is 6.70. The van der Waals surface area contributed by atoms with Gasteiger partial charge in [-0.25, -0.2) is 0 Å². The predicted molar refractivity (Wildman–Crippen MR) is 72.7 cm³/mol. The molecule has 2 unspecified atom stereocenters. The van der Waals surface area contributed by atoms with Crippen molar-refractivity contribution in [2.75, 3.05) is 12.4 Å². The Kier molecular flexibility index (Phi) is 4.29. The molecule has 0 heterocycles. The van der Waals surface area contributed by atoms with Gasteiger partial charge in [0, 0.05) is 11.7 Å². The van der Waals surface area contributed by atoms with Crippen molar-refractivity contribution in [2.45, 2.75) is 45.1 Å². The van der Waals surface area contributed by atoms with Crippen LogP contribution in [0, 0.1) is 5.92 Å². The van der Waals surface area contributed by atoms with Gasteiger partial charge in [-0.2, -0.15) is 0 Å². The van der Waals surface area contributed by atoms with Crippen molar-refractivity contribution in [1.82, 2.24) is 0 Å². The van der Waals surface area contributed by atoms with Crippen LogP contribution in [0.15, 0.2) is 24.3 Å². The fourth-order valence-corrected chi connectivity index (χ4v) is 2.55. The molecule has 0 aliphatic heterocycles. The zero-order valence-electron chi connectivity index (χ0n) is 10.9. The predicted octanol–water partition coefficient (Wildman–Crippen LogP) is 4.08. The first kappa shape index (κ1) is 12.3. The highest BCUT2D eigenvalue weighted by atomic mass is 16.5. The van der Waals surface area contributed by atoms with E-state index in [0.29, 0.717) is 6.04 Å². The third kappa shape index (κ3) is 3.65. The second kappa shape index (κ2) is 5.95. The van der Waals surface area contributed by atoms with E-state index in [9.17, 15) is 0 Å². The van der Waals surface area contributed by atoms with E-state index in [0.717, 1.165) is 11.7 Å². The molecular weight excluding hydrogens is 210 g/mol. The molecular formula is C15H23NO. The maximum Gasteiger partial charge on any atom is 0.119 e. The van der Waals surface area contributed by atoms with Gasteiger partial charge < -0.3 is 10.1 Å². The minimum atomic E-state index is 0.647. The number of methoxy groups -OCH3 is 1. The van der Waals surface area contributed by atoms with Gasteiger partial charge in [0.05, 0.1) is 7.11 Å². The molecule has 0 bridgehead atoms. The molecule has 1 aliphatic carbocycles. The number of benzene rings is 1. The molecule has 0 spiro atoms. The van der Waals surface area contributed by atoms with E-state index in [1.54, 1.807) is 7.11 Å². The molecule has 1 saturated carbocycles. The summed E-state index contributed by atoms with van der Waals surface area (Å²) in [4.78, 5) is 0. The molecule has 94 valence electrons. The molecule has 1 fully saturated rings. The SMILES string of the molecule is COc1ccc(NC2CCCC(C)CC2)cc1. The van der Waals surface area contributed by atoms with Crippen molar-refractivity contribution in [3.8, 4) is 5.75 Å². The van der Waals surface area contributed by atoms with Crippen molar-refractivity contribution >= 4 is 5.69 Å². The highest BCUT2D eigenvalue weighted by Gasteiger charge is 2.15. The Balaban J connectivity index is 1.90. The Hall–Kier alpha value is -1.18. The lowest BCUT2D eigenvalue weighted by Crippen LogP contribution is -2.18. The van der Waals surface area contributed by atoms with Crippen molar-refractivity contribution in [2.24, 2.45) is 5.92 Å². The summed E-state index contributed by atoms with van der Waals surface area (Å²) >= 11 is 0. The summed E-state index contributed by atoms with van der Waals surface area (Å²) in [5.74, 6) is 1.82. The Morgan fingerprint density at radius 1 is 1.06 bits per heavy atom. The Bertz CT molecular complexity index is 333. The van der Waals surface area contributed by atoms with Gasteiger partial charge in [-0.1, -0.05) is 19.8 Å². The molecule has 2 nitrogen and oxygen atoms in total. The topological polar surface area (TPSA) is 21.3 Å². The number of rotatable bonds is 3. The van der Waals surface area contributed by atoms with Crippen LogP contribution in [0.4, 0.5) is 5.69 Å². The van der Waals surface area contributed by atoms with Gasteiger partial charge in [0.25, 0.3) is 0 Å². The fraction of sp³-hybridized carbons (Fsp3) is 0.600. The van der Waals surface area contributed by atoms with E-state index in [4.69, 9.17) is 4.74 Å². The van der Waals surface area contributed by atoms with Gasteiger partial charge in [0.1, 0.15) is 5.75 Å². The molecule has 0 amide bonds. The Labute approximate surface area is 104 Å². The van der Waals surface area contributed by atoms with Crippen LogP contribution < -0.4 is 10.1 Å². The van der Waals surface area contributed by atoms with Gasteiger partial charge in [-0.05, 0) is 49.4 Å².